The third-order valence-electron chi connectivity index (χ3n) is 3.30. The topological polar surface area (TPSA) is 59.1 Å². The van der Waals surface area contributed by atoms with Crippen LogP contribution in [0.3, 0.4) is 0 Å². The van der Waals surface area contributed by atoms with Crippen molar-refractivity contribution in [3.63, 3.8) is 0 Å². The minimum Gasteiger partial charge on any atom is -0.409 e. The fourth-order valence-corrected chi connectivity index (χ4v) is 2.07. The van der Waals surface area contributed by atoms with Gasteiger partial charge >= 0.3 is 6.09 Å². The molecular formula is C15H20N2O4. The highest BCUT2D eigenvalue weighted by molar-refractivity contribution is 5.98. The van der Waals surface area contributed by atoms with Gasteiger partial charge in [-0.25, -0.2) is 4.79 Å². The molecule has 1 saturated heterocycles. The molecule has 6 heteroatoms. The number of benzene rings is 1. The van der Waals surface area contributed by atoms with Gasteiger partial charge in [0.25, 0.3) is 5.91 Å². The molecule has 0 radical (unpaired) electrons. The van der Waals surface area contributed by atoms with Gasteiger partial charge in [0, 0.05) is 27.2 Å². The van der Waals surface area contributed by atoms with Crippen molar-refractivity contribution < 1.29 is 19.1 Å². The average Bonchev–Trinajstić information content (AvgIpc) is 2.49. The third kappa shape index (κ3) is 3.52. The lowest BCUT2D eigenvalue weighted by molar-refractivity contribution is 0.0301. The standard InChI is InChI=1S/C15H20N2O4/c1-11-5-4-6-12(13(11)21-15(19)16(2)3)14(18)17-7-9-20-10-8-17/h4-6H,7-10H2,1-3H3. The molecule has 0 N–H and O–H groups in total. The van der Waals surface area contributed by atoms with Gasteiger partial charge in [-0.2, -0.15) is 0 Å². The van der Waals surface area contributed by atoms with E-state index in [1.54, 1.807) is 31.1 Å². The predicted molar refractivity (Wildman–Crippen MR) is 77.6 cm³/mol. The number of amides is 2. The number of nitrogens with zero attached hydrogens (tertiary/aromatic N) is 2. The fraction of sp³-hybridized carbons (Fsp3) is 0.467. The first kappa shape index (κ1) is 15.3. The zero-order valence-corrected chi connectivity index (χ0v) is 12.6. The van der Waals surface area contributed by atoms with Crippen molar-refractivity contribution in [2.24, 2.45) is 0 Å². The molecule has 114 valence electrons. The van der Waals surface area contributed by atoms with Gasteiger partial charge in [-0.1, -0.05) is 12.1 Å². The lowest BCUT2D eigenvalue weighted by Crippen LogP contribution is -2.41. The first-order chi connectivity index (χ1) is 10.0. The Morgan fingerprint density at radius 3 is 2.52 bits per heavy atom. The second kappa shape index (κ2) is 6.58. The maximum Gasteiger partial charge on any atom is 0.414 e. The SMILES string of the molecule is Cc1cccc(C(=O)N2CCOCC2)c1OC(=O)N(C)C. The summed E-state index contributed by atoms with van der Waals surface area (Å²) in [7, 11) is 3.20. The van der Waals surface area contributed by atoms with Crippen LogP contribution in [0.15, 0.2) is 18.2 Å². The summed E-state index contributed by atoms with van der Waals surface area (Å²) in [5.74, 6) is 0.191. The summed E-state index contributed by atoms with van der Waals surface area (Å²) in [6, 6.07) is 5.29. The maximum atomic E-state index is 12.6. The summed E-state index contributed by atoms with van der Waals surface area (Å²) in [4.78, 5) is 27.4. The molecule has 0 aromatic heterocycles. The molecule has 1 heterocycles. The van der Waals surface area contributed by atoms with E-state index in [9.17, 15) is 9.59 Å². The van der Waals surface area contributed by atoms with Crippen LogP contribution < -0.4 is 4.74 Å². The number of hydrogen-bond acceptors (Lipinski definition) is 4. The van der Waals surface area contributed by atoms with Gasteiger partial charge in [-0.15, -0.1) is 0 Å². The molecule has 1 aromatic rings. The van der Waals surface area contributed by atoms with Crippen molar-refractivity contribution in [3.05, 3.63) is 29.3 Å². The lowest BCUT2D eigenvalue weighted by Gasteiger charge is -2.27. The molecular weight excluding hydrogens is 272 g/mol. The zero-order chi connectivity index (χ0) is 15.4. The molecule has 1 aromatic carbocycles. The summed E-state index contributed by atoms with van der Waals surface area (Å²) in [5, 5.41) is 0. The van der Waals surface area contributed by atoms with Crippen molar-refractivity contribution in [3.8, 4) is 5.75 Å². The van der Waals surface area contributed by atoms with Crippen LogP contribution in [0.1, 0.15) is 15.9 Å². The van der Waals surface area contributed by atoms with Crippen molar-refractivity contribution >= 4 is 12.0 Å². The first-order valence-corrected chi connectivity index (χ1v) is 6.86. The van der Waals surface area contributed by atoms with Gasteiger partial charge in [0.15, 0.2) is 0 Å². The molecule has 2 amide bonds. The Morgan fingerprint density at radius 2 is 1.90 bits per heavy atom. The van der Waals surface area contributed by atoms with Crippen molar-refractivity contribution in [2.75, 3.05) is 40.4 Å². The molecule has 1 aliphatic heterocycles. The van der Waals surface area contributed by atoms with Crippen molar-refractivity contribution in [1.82, 2.24) is 9.80 Å². The second-order valence-electron chi connectivity index (χ2n) is 5.12. The third-order valence-corrected chi connectivity index (χ3v) is 3.30. The Kier molecular flexibility index (Phi) is 4.80. The van der Waals surface area contributed by atoms with Gasteiger partial charge < -0.3 is 19.3 Å². The number of para-hydroxylation sites is 1. The molecule has 0 atom stereocenters. The van der Waals surface area contributed by atoms with E-state index >= 15 is 0 Å². The van der Waals surface area contributed by atoms with Crippen LogP contribution in [0.4, 0.5) is 4.79 Å². The van der Waals surface area contributed by atoms with Crippen LogP contribution in [0, 0.1) is 6.92 Å². The quantitative estimate of drug-likeness (QED) is 0.829. The summed E-state index contributed by atoms with van der Waals surface area (Å²) in [6.07, 6.45) is -0.500. The normalized spacial score (nSPS) is 14.7. The number of ether oxygens (including phenoxy) is 2. The van der Waals surface area contributed by atoms with E-state index < -0.39 is 6.09 Å². The van der Waals surface area contributed by atoms with Crippen LogP contribution in [0.5, 0.6) is 5.75 Å². The minimum absolute atomic E-state index is 0.136. The first-order valence-electron chi connectivity index (χ1n) is 6.86. The molecule has 0 bridgehead atoms. The average molecular weight is 292 g/mol. The van der Waals surface area contributed by atoms with E-state index in [0.717, 1.165) is 5.56 Å². The number of carbonyl (C=O) groups excluding carboxylic acids is 2. The molecule has 0 saturated carbocycles. The van der Waals surface area contributed by atoms with Crippen LogP contribution in [-0.4, -0.2) is 62.2 Å². The Balaban J connectivity index is 2.28. The van der Waals surface area contributed by atoms with Crippen LogP contribution in [0.25, 0.3) is 0 Å². The van der Waals surface area contributed by atoms with Gasteiger partial charge in [0.05, 0.1) is 18.8 Å². The molecule has 1 aliphatic rings. The number of carbonyl (C=O) groups is 2. The summed E-state index contributed by atoms with van der Waals surface area (Å²) < 4.78 is 10.6. The Hall–Kier alpha value is -2.08. The van der Waals surface area contributed by atoms with Crippen molar-refractivity contribution in [2.45, 2.75) is 6.92 Å². The van der Waals surface area contributed by atoms with E-state index in [2.05, 4.69) is 0 Å². The summed E-state index contributed by atoms with van der Waals surface area (Å²) in [5.41, 5.74) is 1.16. The molecule has 0 unspecified atom stereocenters. The van der Waals surface area contributed by atoms with Gasteiger partial charge in [-0.05, 0) is 18.6 Å². The number of rotatable bonds is 2. The predicted octanol–water partition coefficient (Wildman–Crippen LogP) is 1.53. The van der Waals surface area contributed by atoms with E-state index in [-0.39, 0.29) is 5.91 Å². The number of aryl methyl sites for hydroxylation is 1. The zero-order valence-electron chi connectivity index (χ0n) is 12.6. The van der Waals surface area contributed by atoms with Gasteiger partial charge in [-0.3, -0.25) is 4.79 Å². The molecule has 2 rings (SSSR count). The summed E-state index contributed by atoms with van der Waals surface area (Å²) >= 11 is 0. The van der Waals surface area contributed by atoms with E-state index in [1.165, 1.54) is 4.90 Å². The van der Waals surface area contributed by atoms with E-state index in [0.29, 0.717) is 37.6 Å². The second-order valence-corrected chi connectivity index (χ2v) is 5.12. The molecule has 6 nitrogen and oxygen atoms in total. The van der Waals surface area contributed by atoms with Crippen LogP contribution in [0.2, 0.25) is 0 Å². The maximum absolute atomic E-state index is 12.6. The highest BCUT2D eigenvalue weighted by Crippen LogP contribution is 2.25. The molecule has 1 fully saturated rings. The lowest BCUT2D eigenvalue weighted by atomic mass is 10.1. The smallest absolute Gasteiger partial charge is 0.409 e. The van der Waals surface area contributed by atoms with E-state index in [1.807, 2.05) is 13.0 Å². The highest BCUT2D eigenvalue weighted by atomic mass is 16.6. The minimum atomic E-state index is -0.500. The Labute approximate surface area is 124 Å². The van der Waals surface area contributed by atoms with Gasteiger partial charge in [0.2, 0.25) is 0 Å². The molecule has 0 spiro atoms. The molecule has 0 aliphatic carbocycles. The Bertz CT molecular complexity index is 536. The number of hydrogen-bond donors (Lipinski definition) is 0. The monoisotopic (exact) mass is 292 g/mol. The number of morpholine rings is 1. The van der Waals surface area contributed by atoms with E-state index in [4.69, 9.17) is 9.47 Å². The van der Waals surface area contributed by atoms with Crippen LogP contribution >= 0.6 is 0 Å². The Morgan fingerprint density at radius 1 is 1.24 bits per heavy atom. The largest absolute Gasteiger partial charge is 0.414 e. The van der Waals surface area contributed by atoms with Gasteiger partial charge in [0.1, 0.15) is 5.75 Å². The highest BCUT2D eigenvalue weighted by Gasteiger charge is 2.24. The van der Waals surface area contributed by atoms with Crippen LogP contribution in [-0.2, 0) is 4.74 Å². The van der Waals surface area contributed by atoms with Crippen molar-refractivity contribution in [1.29, 1.82) is 0 Å². The molecule has 21 heavy (non-hydrogen) atoms. The fourth-order valence-electron chi connectivity index (χ4n) is 2.07. The summed E-state index contributed by atoms with van der Waals surface area (Å²) in [6.45, 7) is 3.98.